The van der Waals surface area contributed by atoms with Crippen molar-refractivity contribution in [3.05, 3.63) is 35.9 Å². The first kappa shape index (κ1) is 12.1. The summed E-state index contributed by atoms with van der Waals surface area (Å²) in [5, 5.41) is 16.6. The molecule has 0 radical (unpaired) electrons. The van der Waals surface area contributed by atoms with E-state index in [0.717, 1.165) is 11.9 Å². The number of rotatable bonds is 2. The van der Waals surface area contributed by atoms with Crippen LogP contribution in [-0.4, -0.2) is 28.0 Å². The van der Waals surface area contributed by atoms with E-state index in [-0.39, 0.29) is 18.1 Å². The Hall–Kier alpha value is -1.95. The summed E-state index contributed by atoms with van der Waals surface area (Å²) < 4.78 is 28.3. The third-order valence-corrected chi connectivity index (χ3v) is 3.25. The highest BCUT2D eigenvalue weighted by molar-refractivity contribution is 5.64. The Balaban J connectivity index is 1.97. The van der Waals surface area contributed by atoms with Crippen molar-refractivity contribution in [3.8, 4) is 11.3 Å². The van der Waals surface area contributed by atoms with E-state index in [9.17, 15) is 8.78 Å². The number of nitrogens with zero attached hydrogens (tertiary/aromatic N) is 2. The van der Waals surface area contributed by atoms with Gasteiger partial charge in [-0.3, -0.25) is 0 Å². The maximum absolute atomic E-state index is 13.7. The first-order valence-electron chi connectivity index (χ1n) is 6.05. The SMILES string of the molecule is OCC1CNc2cc(-c3ccc(F)cc3F)nn2C1. The Morgan fingerprint density at radius 2 is 2.21 bits per heavy atom. The lowest BCUT2D eigenvalue weighted by atomic mass is 10.1. The number of aliphatic hydroxyl groups is 1. The van der Waals surface area contributed by atoms with Gasteiger partial charge in [0.05, 0.1) is 5.69 Å². The molecule has 6 heteroatoms. The zero-order valence-corrected chi connectivity index (χ0v) is 10.1. The van der Waals surface area contributed by atoms with Crippen molar-refractivity contribution in [2.45, 2.75) is 6.54 Å². The normalized spacial score (nSPS) is 17.9. The number of anilines is 1. The molecule has 0 fully saturated rings. The molecule has 1 aliphatic rings. The van der Waals surface area contributed by atoms with E-state index >= 15 is 0 Å². The maximum atomic E-state index is 13.7. The number of nitrogens with one attached hydrogen (secondary N) is 1. The van der Waals surface area contributed by atoms with Gasteiger partial charge in [-0.2, -0.15) is 5.10 Å². The molecule has 4 nitrogen and oxygen atoms in total. The van der Waals surface area contributed by atoms with Gasteiger partial charge in [0.25, 0.3) is 0 Å². The van der Waals surface area contributed by atoms with Crippen molar-refractivity contribution in [3.63, 3.8) is 0 Å². The van der Waals surface area contributed by atoms with E-state index < -0.39 is 11.6 Å². The first-order valence-corrected chi connectivity index (χ1v) is 6.05. The maximum Gasteiger partial charge on any atom is 0.135 e. The molecule has 0 bridgehead atoms. The monoisotopic (exact) mass is 265 g/mol. The van der Waals surface area contributed by atoms with Crippen LogP contribution in [0.3, 0.4) is 0 Å². The number of hydrogen-bond acceptors (Lipinski definition) is 3. The van der Waals surface area contributed by atoms with E-state index in [1.807, 2.05) is 0 Å². The van der Waals surface area contributed by atoms with Gasteiger partial charge in [-0.1, -0.05) is 0 Å². The van der Waals surface area contributed by atoms with Gasteiger partial charge >= 0.3 is 0 Å². The molecular weight excluding hydrogens is 252 g/mol. The molecule has 1 aromatic carbocycles. The van der Waals surface area contributed by atoms with E-state index in [2.05, 4.69) is 10.4 Å². The summed E-state index contributed by atoms with van der Waals surface area (Å²) in [5.41, 5.74) is 0.726. The van der Waals surface area contributed by atoms with Crippen molar-refractivity contribution in [2.24, 2.45) is 5.92 Å². The molecular formula is C13H13F2N3O. The van der Waals surface area contributed by atoms with Crippen LogP contribution in [0, 0.1) is 17.6 Å². The summed E-state index contributed by atoms with van der Waals surface area (Å²) in [6.07, 6.45) is 0. The lowest BCUT2D eigenvalue weighted by molar-refractivity contribution is 0.209. The Morgan fingerprint density at radius 1 is 1.37 bits per heavy atom. The summed E-state index contributed by atoms with van der Waals surface area (Å²) in [5.74, 6) is -0.361. The van der Waals surface area contributed by atoms with Gasteiger partial charge in [-0.05, 0) is 12.1 Å². The highest BCUT2D eigenvalue weighted by atomic mass is 19.1. The quantitative estimate of drug-likeness (QED) is 0.871. The molecule has 2 N–H and O–H groups in total. The molecule has 0 saturated heterocycles. The van der Waals surface area contributed by atoms with Crippen LogP contribution in [0.15, 0.2) is 24.3 Å². The predicted octanol–water partition coefficient (Wildman–Crippen LogP) is 1.86. The second kappa shape index (κ2) is 4.62. The second-order valence-corrected chi connectivity index (χ2v) is 4.65. The number of aromatic nitrogens is 2. The van der Waals surface area contributed by atoms with Crippen molar-refractivity contribution < 1.29 is 13.9 Å². The first-order chi connectivity index (χ1) is 9.17. The fourth-order valence-corrected chi connectivity index (χ4v) is 2.21. The molecule has 1 unspecified atom stereocenters. The number of fused-ring (bicyclic) bond motifs is 1. The van der Waals surface area contributed by atoms with Crippen molar-refractivity contribution in [1.82, 2.24) is 9.78 Å². The Bertz CT molecular complexity index is 612. The van der Waals surface area contributed by atoms with Crippen LogP contribution in [0.25, 0.3) is 11.3 Å². The fourth-order valence-electron chi connectivity index (χ4n) is 2.21. The van der Waals surface area contributed by atoms with Crippen molar-refractivity contribution >= 4 is 5.82 Å². The van der Waals surface area contributed by atoms with Gasteiger partial charge in [-0.25, -0.2) is 13.5 Å². The standard InChI is InChI=1S/C13H13F2N3O/c14-9-1-2-10(11(15)3-9)12-4-13-16-5-8(7-19)6-18(13)17-12/h1-4,8,16,19H,5-7H2. The molecule has 0 amide bonds. The van der Waals surface area contributed by atoms with Gasteiger partial charge in [-0.15, -0.1) is 0 Å². The lowest BCUT2D eigenvalue weighted by Crippen LogP contribution is -2.29. The second-order valence-electron chi connectivity index (χ2n) is 4.65. The smallest absolute Gasteiger partial charge is 0.135 e. The van der Waals surface area contributed by atoms with Gasteiger partial charge in [0.2, 0.25) is 0 Å². The average Bonchev–Trinajstić information content (AvgIpc) is 2.80. The highest BCUT2D eigenvalue weighted by Gasteiger charge is 2.20. The highest BCUT2D eigenvalue weighted by Crippen LogP contribution is 2.27. The molecule has 1 atom stereocenters. The number of hydrogen-bond donors (Lipinski definition) is 2. The van der Waals surface area contributed by atoms with E-state index in [4.69, 9.17) is 5.11 Å². The molecule has 3 rings (SSSR count). The molecule has 19 heavy (non-hydrogen) atoms. The molecule has 1 aromatic heterocycles. The van der Waals surface area contributed by atoms with Gasteiger partial charge in [0.1, 0.15) is 17.5 Å². The Kier molecular flexibility index (Phi) is 2.94. The summed E-state index contributed by atoms with van der Waals surface area (Å²) in [6, 6.07) is 5.16. The molecule has 0 aliphatic carbocycles. The zero-order valence-electron chi connectivity index (χ0n) is 10.1. The average molecular weight is 265 g/mol. The van der Waals surface area contributed by atoms with Crippen molar-refractivity contribution in [2.75, 3.05) is 18.5 Å². The number of benzene rings is 1. The van der Waals surface area contributed by atoms with E-state index in [1.54, 1.807) is 10.7 Å². The summed E-state index contributed by atoms with van der Waals surface area (Å²) in [6.45, 7) is 1.32. The topological polar surface area (TPSA) is 50.1 Å². The number of aliphatic hydroxyl groups excluding tert-OH is 1. The summed E-state index contributed by atoms with van der Waals surface area (Å²) in [4.78, 5) is 0. The minimum Gasteiger partial charge on any atom is -0.396 e. The molecule has 2 aromatic rings. The molecule has 100 valence electrons. The largest absolute Gasteiger partial charge is 0.396 e. The van der Waals surface area contributed by atoms with Crippen LogP contribution in [0.2, 0.25) is 0 Å². The molecule has 2 heterocycles. The lowest BCUT2D eigenvalue weighted by Gasteiger charge is -2.22. The predicted molar refractivity (Wildman–Crippen MR) is 66.6 cm³/mol. The molecule has 1 aliphatic heterocycles. The third-order valence-electron chi connectivity index (χ3n) is 3.25. The minimum absolute atomic E-state index is 0.0759. The van der Waals surface area contributed by atoms with Crippen LogP contribution in [0.4, 0.5) is 14.6 Å². The van der Waals surface area contributed by atoms with Gasteiger partial charge in [0.15, 0.2) is 0 Å². The number of halogens is 2. The van der Waals surface area contributed by atoms with Crippen LogP contribution >= 0.6 is 0 Å². The van der Waals surface area contributed by atoms with E-state index in [0.29, 0.717) is 18.8 Å². The summed E-state index contributed by atoms with van der Waals surface area (Å²) >= 11 is 0. The van der Waals surface area contributed by atoms with Crippen LogP contribution in [0.1, 0.15) is 0 Å². The zero-order chi connectivity index (χ0) is 13.4. The van der Waals surface area contributed by atoms with Crippen molar-refractivity contribution in [1.29, 1.82) is 0 Å². The van der Waals surface area contributed by atoms with Gasteiger partial charge < -0.3 is 10.4 Å². The fraction of sp³-hybridized carbons (Fsp3) is 0.308. The van der Waals surface area contributed by atoms with E-state index in [1.165, 1.54) is 12.1 Å². The minimum atomic E-state index is -0.630. The summed E-state index contributed by atoms with van der Waals surface area (Å²) in [7, 11) is 0. The van der Waals surface area contributed by atoms with Crippen LogP contribution in [0.5, 0.6) is 0 Å². The van der Waals surface area contributed by atoms with Crippen LogP contribution < -0.4 is 5.32 Å². The third kappa shape index (κ3) is 2.19. The Labute approximate surface area is 108 Å². The van der Waals surface area contributed by atoms with Gasteiger partial charge in [0, 0.05) is 43.3 Å². The molecule has 0 spiro atoms. The van der Waals surface area contributed by atoms with Crippen LogP contribution in [-0.2, 0) is 6.54 Å². The Morgan fingerprint density at radius 3 is 2.95 bits per heavy atom. The molecule has 0 saturated carbocycles.